The van der Waals surface area contributed by atoms with Gasteiger partial charge in [-0.2, -0.15) is 0 Å². The van der Waals surface area contributed by atoms with E-state index in [1.807, 2.05) is 12.1 Å². The Morgan fingerprint density at radius 3 is 2.61 bits per heavy atom. The summed E-state index contributed by atoms with van der Waals surface area (Å²) in [6.07, 6.45) is 5.03. The second kappa shape index (κ2) is 8.33. The SMILES string of the molecule is CCCN1C(=O)/C(=C\c2cn(Cc3ccc4ccccc4c3)c3ccccc23)SC1=S. The zero-order valence-electron chi connectivity index (χ0n) is 17.2. The lowest BCUT2D eigenvalue weighted by Gasteiger charge is -2.11. The Morgan fingerprint density at radius 2 is 1.77 bits per heavy atom. The standard InChI is InChI=1S/C26H22N2OS2/c1-2-13-28-25(29)24(31-26(28)30)15-21-17-27(23-10-6-5-9-22(21)23)16-18-11-12-19-7-3-4-8-20(19)14-18/h3-12,14-15,17H,2,13,16H2,1H3/b24-15+. The van der Waals surface area contributed by atoms with Crippen LogP contribution in [0.25, 0.3) is 27.8 Å². The van der Waals surface area contributed by atoms with Crippen molar-refractivity contribution in [3.05, 3.63) is 89.0 Å². The number of hydrogen-bond acceptors (Lipinski definition) is 3. The maximum atomic E-state index is 12.8. The smallest absolute Gasteiger partial charge is 0.266 e. The van der Waals surface area contributed by atoms with E-state index in [2.05, 4.69) is 78.4 Å². The molecule has 0 saturated carbocycles. The number of nitrogens with zero attached hydrogens (tertiary/aromatic N) is 2. The van der Waals surface area contributed by atoms with Crippen LogP contribution in [0, 0.1) is 0 Å². The molecule has 3 nitrogen and oxygen atoms in total. The van der Waals surface area contributed by atoms with Gasteiger partial charge in [0, 0.05) is 35.8 Å². The highest BCUT2D eigenvalue weighted by molar-refractivity contribution is 8.26. The van der Waals surface area contributed by atoms with Crippen LogP contribution in [0.3, 0.4) is 0 Å². The summed E-state index contributed by atoms with van der Waals surface area (Å²) in [6, 6.07) is 23.4. The summed E-state index contributed by atoms with van der Waals surface area (Å²) in [7, 11) is 0. The summed E-state index contributed by atoms with van der Waals surface area (Å²) >= 11 is 6.82. The van der Waals surface area contributed by atoms with Gasteiger partial charge in [-0.3, -0.25) is 9.69 Å². The summed E-state index contributed by atoms with van der Waals surface area (Å²) < 4.78 is 2.91. The quantitative estimate of drug-likeness (QED) is 0.262. The number of fused-ring (bicyclic) bond motifs is 2. The first-order valence-corrected chi connectivity index (χ1v) is 11.7. The Labute approximate surface area is 191 Å². The fraction of sp³-hybridized carbons (Fsp3) is 0.154. The van der Waals surface area contributed by atoms with Crippen LogP contribution in [-0.4, -0.2) is 26.2 Å². The molecule has 5 heteroatoms. The molecule has 1 saturated heterocycles. The molecule has 0 unspecified atom stereocenters. The van der Waals surface area contributed by atoms with Crippen molar-refractivity contribution < 1.29 is 4.79 Å². The molecule has 1 aliphatic rings. The lowest BCUT2D eigenvalue weighted by Crippen LogP contribution is -2.28. The summed E-state index contributed by atoms with van der Waals surface area (Å²) in [5.74, 6) is 0.0169. The number of rotatable bonds is 5. The number of aromatic nitrogens is 1. The van der Waals surface area contributed by atoms with Crippen molar-refractivity contribution in [2.75, 3.05) is 6.54 Å². The van der Waals surface area contributed by atoms with E-state index >= 15 is 0 Å². The first-order chi connectivity index (χ1) is 15.1. The van der Waals surface area contributed by atoms with Gasteiger partial charge in [0.05, 0.1) is 4.91 Å². The average molecular weight is 443 g/mol. The molecule has 5 rings (SSSR count). The Balaban J connectivity index is 1.52. The topological polar surface area (TPSA) is 25.2 Å². The zero-order chi connectivity index (χ0) is 21.4. The van der Waals surface area contributed by atoms with Crippen molar-refractivity contribution in [1.82, 2.24) is 9.47 Å². The third-order valence-electron chi connectivity index (χ3n) is 5.59. The van der Waals surface area contributed by atoms with Crippen LogP contribution in [0.2, 0.25) is 0 Å². The second-order valence-electron chi connectivity index (χ2n) is 7.74. The minimum absolute atomic E-state index is 0.0169. The molecule has 0 spiro atoms. The van der Waals surface area contributed by atoms with Gasteiger partial charge in [0.25, 0.3) is 5.91 Å². The van der Waals surface area contributed by atoms with Crippen LogP contribution in [0.4, 0.5) is 0 Å². The maximum Gasteiger partial charge on any atom is 0.266 e. The van der Waals surface area contributed by atoms with Crippen LogP contribution < -0.4 is 0 Å². The molecule has 3 aromatic carbocycles. The molecule has 0 bridgehead atoms. The molecule has 0 atom stereocenters. The number of amides is 1. The molecule has 1 amide bonds. The summed E-state index contributed by atoms with van der Waals surface area (Å²) in [5, 5.41) is 3.64. The van der Waals surface area contributed by atoms with Crippen LogP contribution in [0.1, 0.15) is 24.5 Å². The third kappa shape index (κ3) is 3.80. The largest absolute Gasteiger partial charge is 0.342 e. The Kier molecular flexibility index (Phi) is 5.38. The van der Waals surface area contributed by atoms with Gasteiger partial charge in [-0.25, -0.2) is 0 Å². The molecule has 154 valence electrons. The van der Waals surface area contributed by atoms with E-state index < -0.39 is 0 Å². The highest BCUT2D eigenvalue weighted by Gasteiger charge is 2.31. The molecule has 0 radical (unpaired) electrons. The van der Waals surface area contributed by atoms with Crippen molar-refractivity contribution in [3.8, 4) is 0 Å². The molecule has 0 N–H and O–H groups in total. The molecule has 4 aromatic rings. The predicted molar refractivity (Wildman–Crippen MR) is 135 cm³/mol. The summed E-state index contributed by atoms with van der Waals surface area (Å²) in [5.41, 5.74) is 3.46. The van der Waals surface area contributed by atoms with Crippen LogP contribution in [-0.2, 0) is 11.3 Å². The Bertz CT molecular complexity index is 1350. The van der Waals surface area contributed by atoms with Crippen LogP contribution in [0.5, 0.6) is 0 Å². The molecular weight excluding hydrogens is 420 g/mol. The van der Waals surface area contributed by atoms with Crippen molar-refractivity contribution in [2.45, 2.75) is 19.9 Å². The molecule has 31 heavy (non-hydrogen) atoms. The summed E-state index contributed by atoms with van der Waals surface area (Å²) in [6.45, 7) is 3.50. The number of para-hydroxylation sites is 1. The number of thiocarbonyl (C=S) groups is 1. The van der Waals surface area contributed by atoms with E-state index in [-0.39, 0.29) is 5.91 Å². The Morgan fingerprint density at radius 1 is 1.00 bits per heavy atom. The first-order valence-electron chi connectivity index (χ1n) is 10.4. The molecule has 1 aromatic heterocycles. The summed E-state index contributed by atoms with van der Waals surface area (Å²) in [4.78, 5) is 15.2. The highest BCUT2D eigenvalue weighted by Crippen LogP contribution is 2.34. The minimum Gasteiger partial charge on any atom is -0.342 e. The van der Waals surface area contributed by atoms with Crippen LogP contribution >= 0.6 is 24.0 Å². The van der Waals surface area contributed by atoms with Gasteiger partial charge < -0.3 is 4.57 Å². The van der Waals surface area contributed by atoms with Gasteiger partial charge in [0.1, 0.15) is 4.32 Å². The van der Waals surface area contributed by atoms with Crippen molar-refractivity contribution in [3.63, 3.8) is 0 Å². The number of thioether (sulfide) groups is 1. The molecule has 1 aliphatic heterocycles. The Hall–Kier alpha value is -2.89. The van der Waals surface area contributed by atoms with Gasteiger partial charge in [-0.15, -0.1) is 0 Å². The van der Waals surface area contributed by atoms with Crippen molar-refractivity contribution in [1.29, 1.82) is 0 Å². The maximum absolute atomic E-state index is 12.8. The van der Waals surface area contributed by atoms with E-state index in [9.17, 15) is 4.79 Å². The minimum atomic E-state index is 0.0169. The number of carbonyl (C=O) groups is 1. The van der Waals surface area contributed by atoms with E-state index in [0.29, 0.717) is 15.8 Å². The molecule has 2 heterocycles. The first kappa shape index (κ1) is 20.0. The van der Waals surface area contributed by atoms with Gasteiger partial charge >= 0.3 is 0 Å². The van der Waals surface area contributed by atoms with Gasteiger partial charge in [-0.1, -0.05) is 85.5 Å². The fourth-order valence-corrected chi connectivity index (χ4v) is 5.41. The molecular formula is C26H22N2OS2. The van der Waals surface area contributed by atoms with Crippen molar-refractivity contribution >= 4 is 62.0 Å². The average Bonchev–Trinajstić information content (AvgIpc) is 3.26. The molecule has 0 aliphatic carbocycles. The second-order valence-corrected chi connectivity index (χ2v) is 9.42. The van der Waals surface area contributed by atoms with E-state index in [1.54, 1.807) is 4.90 Å². The zero-order valence-corrected chi connectivity index (χ0v) is 18.9. The number of carbonyl (C=O) groups excluding carboxylic acids is 1. The van der Waals surface area contributed by atoms with Gasteiger partial charge in [-0.05, 0) is 41.0 Å². The van der Waals surface area contributed by atoms with E-state index in [4.69, 9.17) is 12.2 Å². The van der Waals surface area contributed by atoms with Crippen LogP contribution in [0.15, 0.2) is 77.8 Å². The van der Waals surface area contributed by atoms with Gasteiger partial charge in [0.15, 0.2) is 0 Å². The lowest BCUT2D eigenvalue weighted by molar-refractivity contribution is -0.122. The third-order valence-corrected chi connectivity index (χ3v) is 6.97. The van der Waals surface area contributed by atoms with E-state index in [0.717, 1.165) is 29.4 Å². The highest BCUT2D eigenvalue weighted by atomic mass is 32.2. The predicted octanol–water partition coefficient (Wildman–Crippen LogP) is 6.45. The number of benzene rings is 3. The monoisotopic (exact) mass is 442 g/mol. The lowest BCUT2D eigenvalue weighted by atomic mass is 10.1. The molecule has 1 fully saturated rings. The van der Waals surface area contributed by atoms with Gasteiger partial charge in [0.2, 0.25) is 0 Å². The van der Waals surface area contributed by atoms with E-state index in [1.165, 1.54) is 28.1 Å². The van der Waals surface area contributed by atoms with Crippen molar-refractivity contribution in [2.24, 2.45) is 0 Å². The fourth-order valence-electron chi connectivity index (χ4n) is 4.11. The number of hydrogen-bond donors (Lipinski definition) is 0. The normalized spacial score (nSPS) is 15.6.